The maximum Gasteiger partial charge on any atom is 0.416 e. The van der Waals surface area contributed by atoms with Crippen molar-refractivity contribution < 1.29 is 39.9 Å². The van der Waals surface area contributed by atoms with E-state index in [2.05, 4.69) is 9.98 Å². The highest BCUT2D eigenvalue weighted by Crippen LogP contribution is 2.39. The monoisotopic (exact) mass is 520 g/mol. The second-order valence-corrected chi connectivity index (χ2v) is 9.35. The minimum absolute atomic E-state index is 0.403. The van der Waals surface area contributed by atoms with Crippen molar-refractivity contribution in [1.82, 2.24) is 4.98 Å². The first-order valence-corrected chi connectivity index (χ1v) is 12.1. The van der Waals surface area contributed by atoms with Crippen LogP contribution in [0.1, 0.15) is 22.3 Å². The van der Waals surface area contributed by atoms with Crippen molar-refractivity contribution in [3.63, 3.8) is 0 Å². The van der Waals surface area contributed by atoms with Gasteiger partial charge in [0.1, 0.15) is 11.6 Å². The molecule has 1 aromatic heterocycles. The molecule has 36 heavy (non-hydrogen) atoms. The van der Waals surface area contributed by atoms with Crippen LogP contribution in [0.25, 0.3) is 22.0 Å². The first-order valence-electron chi connectivity index (χ1n) is 10.3. The van der Waals surface area contributed by atoms with Crippen LogP contribution in [-0.2, 0) is 16.3 Å². The molecular weight excluding hydrogens is 503 g/mol. The van der Waals surface area contributed by atoms with Crippen molar-refractivity contribution in [2.45, 2.75) is 6.18 Å². The van der Waals surface area contributed by atoms with E-state index in [0.29, 0.717) is 50.7 Å². The summed E-state index contributed by atoms with van der Waals surface area (Å²) in [6, 6.07) is 13.5. The first-order chi connectivity index (χ1) is 16.8. The molecule has 3 aromatic carbocycles. The lowest BCUT2D eigenvalue weighted by molar-refractivity contribution is -0.343. The summed E-state index contributed by atoms with van der Waals surface area (Å²) in [5.41, 5.74) is 3.66. The molecule has 0 fully saturated rings. The van der Waals surface area contributed by atoms with Gasteiger partial charge in [0.05, 0.1) is 26.8 Å². The molecule has 2 N–H and O–H groups in total. The van der Waals surface area contributed by atoms with Crippen LogP contribution in [0.5, 0.6) is 0 Å². The standard InChI is InChI=1S/C24H13F5N2.CH4O3S/c25-15-5-7-17-19(11-30-21(17)9-15)23(13-1-3-14(4-2-13)24(27,28)29)20-12-31-22-10-16(26)6-8-18(20)22;1-5(2,3)4/h1-12,30H;1H3,(H,2,3,4). The first kappa shape index (κ1) is 25.3. The summed E-state index contributed by atoms with van der Waals surface area (Å²) in [7, 11) is -3.92. The number of hydrogen-bond acceptors (Lipinski definition) is 3. The van der Waals surface area contributed by atoms with Crippen LogP contribution in [0.15, 0.2) is 66.9 Å². The third-order valence-corrected chi connectivity index (χ3v) is 5.33. The molecule has 5 rings (SSSR count). The number of H-pyrrole nitrogens is 1. The zero-order valence-corrected chi connectivity index (χ0v) is 19.3. The molecule has 186 valence electrons. The fourth-order valence-electron chi connectivity index (χ4n) is 3.89. The van der Waals surface area contributed by atoms with Crippen molar-refractivity contribution in [2.75, 3.05) is 6.26 Å². The largest absolute Gasteiger partial charge is 0.748 e. The predicted molar refractivity (Wildman–Crippen MR) is 124 cm³/mol. The third-order valence-electron chi connectivity index (χ3n) is 5.33. The summed E-state index contributed by atoms with van der Waals surface area (Å²) in [5, 5.41) is 0.716. The number of rotatable bonds is 2. The van der Waals surface area contributed by atoms with Gasteiger partial charge in [0.15, 0.2) is 6.21 Å². The Hall–Kier alpha value is -3.83. The third kappa shape index (κ3) is 5.52. The molecule has 0 radical (unpaired) electrons. The number of fused-ring (bicyclic) bond motifs is 2. The molecule has 11 heteroatoms. The lowest BCUT2D eigenvalue weighted by atomic mass is 9.89. The molecule has 0 atom stereocenters. The van der Waals surface area contributed by atoms with Crippen LogP contribution >= 0.6 is 0 Å². The van der Waals surface area contributed by atoms with Crippen molar-refractivity contribution in [1.29, 1.82) is 0 Å². The van der Waals surface area contributed by atoms with Crippen LogP contribution in [0.3, 0.4) is 0 Å². The van der Waals surface area contributed by atoms with Crippen LogP contribution in [-0.4, -0.2) is 30.4 Å². The number of halogens is 5. The Morgan fingerprint density at radius 3 is 2.19 bits per heavy atom. The summed E-state index contributed by atoms with van der Waals surface area (Å²) < 4.78 is 93.8. The average Bonchev–Trinajstić information content (AvgIpc) is 3.37. The minimum atomic E-state index is -4.45. The number of allylic oxidation sites excluding steroid dienone is 1. The average molecular weight is 520 g/mol. The maximum atomic E-state index is 13.7. The lowest BCUT2D eigenvalue weighted by Gasteiger charge is -2.12. The number of aromatic nitrogens is 1. The quantitative estimate of drug-likeness (QED) is 0.304. The Morgan fingerprint density at radius 1 is 0.944 bits per heavy atom. The van der Waals surface area contributed by atoms with Gasteiger partial charge in [-0.25, -0.2) is 22.2 Å². The van der Waals surface area contributed by atoms with E-state index in [1.807, 2.05) is 0 Å². The molecule has 0 bridgehead atoms. The van der Waals surface area contributed by atoms with Gasteiger partial charge in [0.25, 0.3) is 0 Å². The Balaban J connectivity index is 0.000000556. The number of aromatic amines is 1. The Bertz CT molecular complexity index is 1610. The molecular formula is C25H17F5N2O3S. The van der Waals surface area contributed by atoms with Crippen molar-refractivity contribution >= 4 is 44.1 Å². The van der Waals surface area contributed by atoms with Crippen molar-refractivity contribution in [2.24, 2.45) is 0 Å². The molecule has 0 saturated carbocycles. The molecule has 1 aliphatic rings. The van der Waals surface area contributed by atoms with Crippen LogP contribution in [0, 0.1) is 11.6 Å². The van der Waals surface area contributed by atoms with Gasteiger partial charge in [0, 0.05) is 40.6 Å². The van der Waals surface area contributed by atoms with Crippen molar-refractivity contribution in [3.05, 3.63) is 101 Å². The maximum absolute atomic E-state index is 13.7. The van der Waals surface area contributed by atoms with Gasteiger partial charge in [-0.15, -0.1) is 0 Å². The highest BCUT2D eigenvalue weighted by molar-refractivity contribution is 7.84. The van der Waals surface area contributed by atoms with Crippen LogP contribution in [0.2, 0.25) is 0 Å². The van der Waals surface area contributed by atoms with E-state index < -0.39 is 33.5 Å². The Kier molecular flexibility index (Phi) is 6.54. The van der Waals surface area contributed by atoms with Crippen LogP contribution < -0.4 is 4.99 Å². The lowest BCUT2D eigenvalue weighted by Crippen LogP contribution is -2.58. The molecule has 0 amide bonds. The van der Waals surface area contributed by atoms with E-state index in [4.69, 9.17) is 13.0 Å². The fourth-order valence-corrected chi connectivity index (χ4v) is 3.89. The van der Waals surface area contributed by atoms with E-state index in [-0.39, 0.29) is 0 Å². The van der Waals surface area contributed by atoms with Gasteiger partial charge < -0.3 is 9.54 Å². The summed E-state index contributed by atoms with van der Waals surface area (Å²) in [5.74, 6) is -0.806. The van der Waals surface area contributed by atoms with Gasteiger partial charge in [0.2, 0.25) is 5.69 Å². The Labute approximate surface area is 202 Å². The molecule has 1 aliphatic heterocycles. The molecule has 0 saturated heterocycles. The molecule has 4 aromatic rings. The zero-order chi connectivity index (χ0) is 26.3. The van der Waals surface area contributed by atoms with E-state index in [1.165, 1.54) is 36.4 Å². The molecule has 0 unspecified atom stereocenters. The topological polar surface area (TPSA) is 87.0 Å². The van der Waals surface area contributed by atoms with E-state index in [1.54, 1.807) is 24.5 Å². The highest BCUT2D eigenvalue weighted by Gasteiger charge is 2.31. The number of nitrogens with one attached hydrogen (secondary N) is 2. The van der Waals surface area contributed by atoms with Gasteiger partial charge in [-0.1, -0.05) is 12.1 Å². The number of alkyl halides is 3. The summed E-state index contributed by atoms with van der Waals surface area (Å²) in [4.78, 5) is 6.05. The smallest absolute Gasteiger partial charge is 0.416 e. The second kappa shape index (κ2) is 9.32. The number of benzene rings is 3. The number of hydrogen-bond donors (Lipinski definition) is 2. The Morgan fingerprint density at radius 2 is 1.56 bits per heavy atom. The van der Waals surface area contributed by atoms with Gasteiger partial charge in [-0.05, 0) is 48.0 Å². The second-order valence-electron chi connectivity index (χ2n) is 7.94. The van der Waals surface area contributed by atoms with Gasteiger partial charge >= 0.3 is 6.18 Å². The summed E-state index contributed by atoms with van der Waals surface area (Å²) >= 11 is 0. The van der Waals surface area contributed by atoms with E-state index in [0.717, 1.165) is 12.1 Å². The van der Waals surface area contributed by atoms with Gasteiger partial charge in [-0.2, -0.15) is 13.2 Å². The van der Waals surface area contributed by atoms with Gasteiger partial charge in [-0.3, -0.25) is 0 Å². The normalized spacial score (nSPS) is 14.4. The zero-order valence-electron chi connectivity index (χ0n) is 18.5. The minimum Gasteiger partial charge on any atom is -0.748 e. The molecule has 2 heterocycles. The molecule has 0 spiro atoms. The summed E-state index contributed by atoms with van der Waals surface area (Å²) in [6.45, 7) is 0. The SMILES string of the molecule is CS(=O)(=O)[O-].Fc1ccc2c(c1)[NH+]=CC2=C(c1ccc(C(F)(F)F)cc1)c1c[nH]c2cc(F)ccc12. The van der Waals surface area contributed by atoms with Crippen LogP contribution in [0.4, 0.5) is 27.6 Å². The molecule has 0 aliphatic carbocycles. The predicted octanol–water partition coefficient (Wildman–Crippen LogP) is 4.38. The van der Waals surface area contributed by atoms with Crippen molar-refractivity contribution in [3.8, 4) is 0 Å². The summed E-state index contributed by atoms with van der Waals surface area (Å²) in [6.07, 6.45) is -0.457. The van der Waals surface area contributed by atoms with E-state index >= 15 is 0 Å². The fraction of sp³-hybridized carbons (Fsp3) is 0.0800. The van der Waals surface area contributed by atoms with E-state index in [9.17, 15) is 22.0 Å². The highest BCUT2D eigenvalue weighted by atomic mass is 32.2. The molecule has 5 nitrogen and oxygen atoms in total.